The van der Waals surface area contributed by atoms with Crippen molar-refractivity contribution in [1.82, 2.24) is 14.9 Å². The molecule has 30 heavy (non-hydrogen) atoms. The third-order valence-electron chi connectivity index (χ3n) is 5.04. The average molecular weight is 406 g/mol. The van der Waals surface area contributed by atoms with Gasteiger partial charge in [0.2, 0.25) is 0 Å². The molecule has 0 bridgehead atoms. The number of anilines is 2. The van der Waals surface area contributed by atoms with Gasteiger partial charge >= 0.3 is 0 Å². The monoisotopic (exact) mass is 406 g/mol. The zero-order chi connectivity index (χ0) is 20.9. The molecule has 1 amide bonds. The van der Waals surface area contributed by atoms with Crippen LogP contribution < -0.4 is 10.1 Å². The van der Waals surface area contributed by atoms with Crippen molar-refractivity contribution in [2.24, 2.45) is 0 Å². The molecule has 2 aromatic heterocycles. The number of benzene rings is 1. The van der Waals surface area contributed by atoms with E-state index in [0.717, 1.165) is 23.5 Å². The van der Waals surface area contributed by atoms with Crippen LogP contribution in [0, 0.1) is 12.7 Å². The first kappa shape index (κ1) is 19.8. The molecule has 1 unspecified atom stereocenters. The van der Waals surface area contributed by atoms with Crippen LogP contribution in [0.25, 0.3) is 0 Å². The molecule has 0 radical (unpaired) electrons. The average Bonchev–Trinajstić information content (AvgIpc) is 3.25. The fourth-order valence-electron chi connectivity index (χ4n) is 3.55. The Bertz CT molecular complexity index is 1010. The molecular weight excluding hydrogens is 383 g/mol. The van der Waals surface area contributed by atoms with E-state index in [1.807, 2.05) is 54.3 Å². The van der Waals surface area contributed by atoms with Crippen LogP contribution in [0.3, 0.4) is 0 Å². The summed E-state index contributed by atoms with van der Waals surface area (Å²) in [5.74, 6) is 1.01. The minimum Gasteiger partial charge on any atom is -0.484 e. The summed E-state index contributed by atoms with van der Waals surface area (Å²) in [4.78, 5) is 23.1. The summed E-state index contributed by atoms with van der Waals surface area (Å²) < 4.78 is 18.7. The number of para-hydroxylation sites is 1. The number of hydrogen-bond donors (Lipinski definition) is 1. The van der Waals surface area contributed by atoms with Crippen LogP contribution in [0.2, 0.25) is 0 Å². The van der Waals surface area contributed by atoms with E-state index in [9.17, 15) is 9.18 Å². The summed E-state index contributed by atoms with van der Waals surface area (Å²) >= 11 is 0. The summed E-state index contributed by atoms with van der Waals surface area (Å²) in [5, 5.41) is 3.19. The van der Waals surface area contributed by atoms with Gasteiger partial charge in [0.25, 0.3) is 5.91 Å². The van der Waals surface area contributed by atoms with Crippen LogP contribution in [-0.2, 0) is 4.79 Å². The van der Waals surface area contributed by atoms with Crippen LogP contribution in [0.1, 0.15) is 23.7 Å². The van der Waals surface area contributed by atoms with Crippen LogP contribution in [0.5, 0.6) is 5.75 Å². The number of hydrogen-bond acceptors (Lipinski definition) is 5. The Morgan fingerprint density at radius 3 is 2.83 bits per heavy atom. The maximum absolute atomic E-state index is 13.1. The van der Waals surface area contributed by atoms with E-state index in [4.69, 9.17) is 4.74 Å². The summed E-state index contributed by atoms with van der Waals surface area (Å²) in [6.07, 6.45) is 2.02. The van der Waals surface area contributed by atoms with Gasteiger partial charge in [-0.1, -0.05) is 18.2 Å². The van der Waals surface area contributed by atoms with E-state index < -0.39 is 0 Å². The summed E-state index contributed by atoms with van der Waals surface area (Å²) in [6.45, 7) is 3.25. The van der Waals surface area contributed by atoms with Gasteiger partial charge < -0.3 is 15.0 Å². The Labute approximate surface area is 174 Å². The number of nitrogens with zero attached hydrogens (tertiary/aromatic N) is 3. The predicted octanol–water partition coefficient (Wildman–Crippen LogP) is 4.06. The lowest BCUT2D eigenvalue weighted by Crippen LogP contribution is -2.32. The van der Waals surface area contributed by atoms with E-state index in [-0.39, 0.29) is 24.2 Å². The summed E-state index contributed by atoms with van der Waals surface area (Å²) in [5.41, 5.74) is 2.64. The molecular formula is C23H23FN4O2. The molecule has 7 heteroatoms. The molecule has 1 N–H and O–H groups in total. The molecule has 0 aliphatic carbocycles. The van der Waals surface area contributed by atoms with Crippen LogP contribution >= 0.6 is 0 Å². The van der Waals surface area contributed by atoms with Crippen LogP contribution in [-0.4, -0.2) is 40.5 Å². The molecule has 6 nitrogen and oxygen atoms in total. The first-order valence-corrected chi connectivity index (χ1v) is 9.89. The molecule has 1 aliphatic rings. The number of nitrogens with one attached hydrogen (secondary N) is 1. The van der Waals surface area contributed by atoms with Gasteiger partial charge in [-0.05, 0) is 49.7 Å². The van der Waals surface area contributed by atoms with Gasteiger partial charge in [0.05, 0.1) is 6.20 Å². The largest absolute Gasteiger partial charge is 0.484 e. The third kappa shape index (κ3) is 4.92. The number of rotatable bonds is 6. The van der Waals surface area contributed by atoms with Gasteiger partial charge in [-0.3, -0.25) is 9.78 Å². The second kappa shape index (κ2) is 8.90. The zero-order valence-electron chi connectivity index (χ0n) is 16.7. The van der Waals surface area contributed by atoms with Crippen molar-refractivity contribution in [3.8, 4) is 5.75 Å². The first-order valence-electron chi connectivity index (χ1n) is 9.89. The number of aryl methyl sites for hydroxylation is 1. The zero-order valence-corrected chi connectivity index (χ0v) is 16.7. The number of carbonyl (C=O) groups is 1. The molecule has 3 aromatic rings. The smallest absolute Gasteiger partial charge is 0.260 e. The quantitative estimate of drug-likeness (QED) is 0.669. The SMILES string of the molecule is Cc1cc(Nc2ccc(F)cn2)cc(C2CCN(C(=O)COc3ccccc3)C2)n1. The Morgan fingerprint density at radius 1 is 1.23 bits per heavy atom. The summed E-state index contributed by atoms with van der Waals surface area (Å²) in [6, 6.07) is 16.2. The Morgan fingerprint density at radius 2 is 2.07 bits per heavy atom. The van der Waals surface area contributed by atoms with Gasteiger partial charge in [-0.25, -0.2) is 9.37 Å². The lowest BCUT2D eigenvalue weighted by Gasteiger charge is -2.17. The number of amides is 1. The number of carbonyl (C=O) groups excluding carboxylic acids is 1. The van der Waals surface area contributed by atoms with Crippen molar-refractivity contribution in [3.05, 3.63) is 78.0 Å². The highest BCUT2D eigenvalue weighted by Crippen LogP contribution is 2.29. The van der Waals surface area contributed by atoms with Crippen molar-refractivity contribution in [3.63, 3.8) is 0 Å². The highest BCUT2D eigenvalue weighted by molar-refractivity contribution is 5.78. The topological polar surface area (TPSA) is 67.4 Å². The molecule has 1 atom stereocenters. The van der Waals surface area contributed by atoms with Crippen molar-refractivity contribution in [2.45, 2.75) is 19.3 Å². The molecule has 1 fully saturated rings. The van der Waals surface area contributed by atoms with E-state index in [0.29, 0.717) is 24.7 Å². The standard InChI is InChI=1S/C23H23FN4O2/c1-16-11-19(27-22-8-7-18(24)13-25-22)12-21(26-16)17-9-10-28(14-17)23(29)15-30-20-5-3-2-4-6-20/h2-8,11-13,17H,9-10,14-15H2,1H3,(H,25,26,27). The van der Waals surface area contributed by atoms with E-state index in [1.54, 1.807) is 6.07 Å². The molecule has 3 heterocycles. The maximum atomic E-state index is 13.1. The number of halogens is 1. The van der Waals surface area contributed by atoms with Crippen molar-refractivity contribution in [2.75, 3.05) is 25.0 Å². The second-order valence-electron chi connectivity index (χ2n) is 7.34. The lowest BCUT2D eigenvalue weighted by molar-refractivity contribution is -0.132. The number of ether oxygens (including phenoxy) is 1. The molecule has 0 saturated carbocycles. The molecule has 154 valence electrons. The number of likely N-dealkylation sites (tertiary alicyclic amines) is 1. The molecule has 4 rings (SSSR count). The van der Waals surface area contributed by atoms with Gasteiger partial charge in [-0.15, -0.1) is 0 Å². The van der Waals surface area contributed by atoms with Crippen LogP contribution in [0.4, 0.5) is 15.9 Å². The van der Waals surface area contributed by atoms with Crippen molar-refractivity contribution < 1.29 is 13.9 Å². The lowest BCUT2D eigenvalue weighted by atomic mass is 10.0. The minimum atomic E-state index is -0.376. The predicted molar refractivity (Wildman–Crippen MR) is 112 cm³/mol. The van der Waals surface area contributed by atoms with Crippen LogP contribution in [0.15, 0.2) is 60.8 Å². The molecule has 1 saturated heterocycles. The Balaban J connectivity index is 1.39. The third-order valence-corrected chi connectivity index (χ3v) is 5.04. The van der Waals surface area contributed by atoms with Crippen molar-refractivity contribution in [1.29, 1.82) is 0 Å². The fourth-order valence-corrected chi connectivity index (χ4v) is 3.55. The van der Waals surface area contributed by atoms with Gasteiger partial charge in [-0.2, -0.15) is 0 Å². The van der Waals surface area contributed by atoms with Gasteiger partial charge in [0.15, 0.2) is 6.61 Å². The first-order chi connectivity index (χ1) is 14.6. The highest BCUT2D eigenvalue weighted by Gasteiger charge is 2.28. The van der Waals surface area contributed by atoms with E-state index >= 15 is 0 Å². The normalized spacial score (nSPS) is 15.8. The Kier molecular flexibility index (Phi) is 5.88. The number of pyridine rings is 2. The fraction of sp³-hybridized carbons (Fsp3) is 0.261. The van der Waals surface area contributed by atoms with E-state index in [2.05, 4.69) is 15.3 Å². The molecule has 0 spiro atoms. The van der Waals surface area contributed by atoms with Gasteiger partial charge in [0, 0.05) is 36.1 Å². The molecule has 1 aliphatic heterocycles. The highest BCUT2D eigenvalue weighted by atomic mass is 19.1. The minimum absolute atomic E-state index is 0.0251. The Hall–Kier alpha value is -3.48. The van der Waals surface area contributed by atoms with Gasteiger partial charge in [0.1, 0.15) is 17.4 Å². The van der Waals surface area contributed by atoms with E-state index in [1.165, 1.54) is 12.3 Å². The maximum Gasteiger partial charge on any atom is 0.260 e. The number of aromatic nitrogens is 2. The summed E-state index contributed by atoms with van der Waals surface area (Å²) in [7, 11) is 0. The van der Waals surface area contributed by atoms with Crippen molar-refractivity contribution >= 4 is 17.4 Å². The second-order valence-corrected chi connectivity index (χ2v) is 7.34. The molecule has 1 aromatic carbocycles.